The molecule has 96 valence electrons. The second kappa shape index (κ2) is 7.63. The van der Waals surface area contributed by atoms with Crippen molar-refractivity contribution in [1.29, 1.82) is 0 Å². The molecule has 0 fully saturated rings. The van der Waals surface area contributed by atoms with Crippen molar-refractivity contribution in [1.82, 2.24) is 9.97 Å². The van der Waals surface area contributed by atoms with Crippen molar-refractivity contribution in [3.63, 3.8) is 0 Å². The van der Waals surface area contributed by atoms with Gasteiger partial charge in [-0.25, -0.2) is 9.97 Å². The summed E-state index contributed by atoms with van der Waals surface area (Å²) in [6, 6.07) is 1.96. The minimum absolute atomic E-state index is 0.181. The lowest BCUT2D eigenvalue weighted by Gasteiger charge is -2.15. The molecule has 0 aliphatic rings. The van der Waals surface area contributed by atoms with E-state index in [1.807, 2.05) is 33.8 Å². The number of ether oxygens (including phenoxy) is 2. The van der Waals surface area contributed by atoms with E-state index in [9.17, 15) is 0 Å². The molecule has 4 nitrogen and oxygen atoms in total. The van der Waals surface area contributed by atoms with E-state index in [-0.39, 0.29) is 6.29 Å². The maximum Gasteiger partial charge on any atom is 0.188 e. The van der Waals surface area contributed by atoms with Gasteiger partial charge in [0.25, 0.3) is 0 Å². The van der Waals surface area contributed by atoms with Gasteiger partial charge in [-0.2, -0.15) is 0 Å². The number of hydrogen-bond acceptors (Lipinski definition) is 5. The van der Waals surface area contributed by atoms with Crippen LogP contribution in [0.25, 0.3) is 0 Å². The third-order valence-corrected chi connectivity index (χ3v) is 2.90. The van der Waals surface area contributed by atoms with E-state index in [0.29, 0.717) is 19.0 Å². The van der Waals surface area contributed by atoms with Gasteiger partial charge in [-0.15, -0.1) is 0 Å². The molecule has 0 aromatic carbocycles. The van der Waals surface area contributed by atoms with Crippen LogP contribution in [0.5, 0.6) is 0 Å². The van der Waals surface area contributed by atoms with Crippen LogP contribution in [0.2, 0.25) is 0 Å². The van der Waals surface area contributed by atoms with Crippen LogP contribution in [0.4, 0.5) is 0 Å². The molecule has 0 bridgehead atoms. The van der Waals surface area contributed by atoms with Crippen LogP contribution in [0, 0.1) is 13.8 Å². The first-order valence-corrected chi connectivity index (χ1v) is 6.82. The fourth-order valence-electron chi connectivity index (χ4n) is 1.42. The van der Waals surface area contributed by atoms with Gasteiger partial charge >= 0.3 is 0 Å². The molecule has 5 heteroatoms. The fourth-order valence-corrected chi connectivity index (χ4v) is 2.31. The van der Waals surface area contributed by atoms with Crippen LogP contribution in [0.3, 0.4) is 0 Å². The van der Waals surface area contributed by atoms with Gasteiger partial charge < -0.3 is 9.47 Å². The molecule has 0 unspecified atom stereocenters. The average Bonchev–Trinajstić information content (AvgIpc) is 2.25. The monoisotopic (exact) mass is 256 g/mol. The van der Waals surface area contributed by atoms with Gasteiger partial charge in [-0.05, 0) is 33.8 Å². The van der Waals surface area contributed by atoms with Crippen molar-refractivity contribution >= 4 is 11.8 Å². The Morgan fingerprint density at radius 2 is 1.65 bits per heavy atom. The molecular weight excluding hydrogens is 236 g/mol. The summed E-state index contributed by atoms with van der Waals surface area (Å²) >= 11 is 1.56. The SMILES string of the molecule is CCOC(CSc1nc(C)cc(C)n1)OCC. The van der Waals surface area contributed by atoms with Crippen molar-refractivity contribution in [2.45, 2.75) is 39.1 Å². The summed E-state index contributed by atoms with van der Waals surface area (Å²) in [6.45, 7) is 9.18. The molecule has 17 heavy (non-hydrogen) atoms. The number of aryl methyl sites for hydroxylation is 2. The molecule has 1 aromatic rings. The normalized spacial score (nSPS) is 11.1. The molecule has 0 aliphatic carbocycles. The molecule has 1 heterocycles. The lowest BCUT2D eigenvalue weighted by Crippen LogP contribution is -2.20. The van der Waals surface area contributed by atoms with Crippen LogP contribution < -0.4 is 0 Å². The Labute approximate surface area is 107 Å². The molecular formula is C12H20N2O2S. The topological polar surface area (TPSA) is 44.2 Å². The van der Waals surface area contributed by atoms with Gasteiger partial charge in [-0.3, -0.25) is 0 Å². The number of nitrogens with zero attached hydrogens (tertiary/aromatic N) is 2. The first kappa shape index (κ1) is 14.4. The third kappa shape index (κ3) is 5.48. The predicted octanol–water partition coefficient (Wildman–Crippen LogP) is 2.58. The minimum Gasteiger partial charge on any atom is -0.352 e. The molecule has 0 spiro atoms. The molecule has 0 amide bonds. The Kier molecular flexibility index (Phi) is 6.47. The highest BCUT2D eigenvalue weighted by atomic mass is 32.2. The fraction of sp³-hybridized carbons (Fsp3) is 0.667. The van der Waals surface area contributed by atoms with E-state index >= 15 is 0 Å². The zero-order chi connectivity index (χ0) is 12.7. The number of hydrogen-bond donors (Lipinski definition) is 0. The molecule has 0 N–H and O–H groups in total. The highest BCUT2D eigenvalue weighted by molar-refractivity contribution is 7.99. The summed E-state index contributed by atoms with van der Waals surface area (Å²) in [5.41, 5.74) is 1.98. The molecule has 1 rings (SSSR count). The summed E-state index contributed by atoms with van der Waals surface area (Å²) in [5, 5.41) is 0.784. The number of aromatic nitrogens is 2. The number of thioether (sulfide) groups is 1. The Morgan fingerprint density at radius 3 is 2.12 bits per heavy atom. The molecule has 0 radical (unpaired) electrons. The lowest BCUT2D eigenvalue weighted by atomic mass is 10.4. The van der Waals surface area contributed by atoms with Crippen LogP contribution in [0.15, 0.2) is 11.2 Å². The molecule has 0 aliphatic heterocycles. The Morgan fingerprint density at radius 1 is 1.12 bits per heavy atom. The van der Waals surface area contributed by atoms with E-state index in [1.165, 1.54) is 0 Å². The van der Waals surface area contributed by atoms with Crippen molar-refractivity contribution in [2.24, 2.45) is 0 Å². The van der Waals surface area contributed by atoms with Crippen LogP contribution in [-0.4, -0.2) is 35.2 Å². The summed E-state index contributed by atoms with van der Waals surface area (Å²) in [4.78, 5) is 8.73. The van der Waals surface area contributed by atoms with Crippen LogP contribution >= 0.6 is 11.8 Å². The predicted molar refractivity (Wildman–Crippen MR) is 69.3 cm³/mol. The van der Waals surface area contributed by atoms with E-state index in [0.717, 1.165) is 16.5 Å². The highest BCUT2D eigenvalue weighted by Crippen LogP contribution is 2.16. The van der Waals surface area contributed by atoms with E-state index < -0.39 is 0 Å². The van der Waals surface area contributed by atoms with Gasteiger partial charge in [0.2, 0.25) is 0 Å². The number of rotatable bonds is 7. The second-order valence-corrected chi connectivity index (χ2v) is 4.57. The summed E-state index contributed by atoms with van der Waals surface area (Å²) < 4.78 is 10.9. The van der Waals surface area contributed by atoms with Crippen molar-refractivity contribution in [3.8, 4) is 0 Å². The third-order valence-electron chi connectivity index (χ3n) is 2.02. The zero-order valence-corrected chi connectivity index (χ0v) is 11.7. The maximum atomic E-state index is 5.47. The zero-order valence-electron chi connectivity index (χ0n) is 10.9. The maximum absolute atomic E-state index is 5.47. The van der Waals surface area contributed by atoms with Gasteiger partial charge in [0, 0.05) is 24.6 Å². The van der Waals surface area contributed by atoms with E-state index in [1.54, 1.807) is 11.8 Å². The smallest absolute Gasteiger partial charge is 0.188 e. The lowest BCUT2D eigenvalue weighted by molar-refractivity contribution is -0.120. The second-order valence-electron chi connectivity index (χ2n) is 3.58. The quantitative estimate of drug-likeness (QED) is 0.426. The molecule has 0 atom stereocenters. The van der Waals surface area contributed by atoms with Gasteiger partial charge in [0.1, 0.15) is 0 Å². The Balaban J connectivity index is 2.52. The summed E-state index contributed by atoms with van der Waals surface area (Å²) in [5.74, 6) is 0.713. The van der Waals surface area contributed by atoms with Crippen LogP contribution in [0.1, 0.15) is 25.2 Å². The minimum atomic E-state index is -0.181. The first-order chi connectivity index (χ1) is 8.15. The molecule has 0 saturated carbocycles. The average molecular weight is 256 g/mol. The van der Waals surface area contributed by atoms with Crippen LogP contribution in [-0.2, 0) is 9.47 Å². The Bertz CT molecular complexity index is 321. The van der Waals surface area contributed by atoms with Gasteiger partial charge in [0.15, 0.2) is 11.4 Å². The largest absolute Gasteiger partial charge is 0.352 e. The highest BCUT2D eigenvalue weighted by Gasteiger charge is 2.10. The molecule has 0 saturated heterocycles. The van der Waals surface area contributed by atoms with Crippen molar-refractivity contribution in [3.05, 3.63) is 17.5 Å². The Hall–Kier alpha value is -0.650. The van der Waals surface area contributed by atoms with Gasteiger partial charge in [0.05, 0.1) is 5.75 Å². The van der Waals surface area contributed by atoms with Gasteiger partial charge in [-0.1, -0.05) is 11.8 Å². The van der Waals surface area contributed by atoms with E-state index in [4.69, 9.17) is 9.47 Å². The standard InChI is InChI=1S/C12H20N2O2S/c1-5-15-11(16-6-2)8-17-12-13-9(3)7-10(4)14-12/h7,11H,5-6,8H2,1-4H3. The summed E-state index contributed by atoms with van der Waals surface area (Å²) in [7, 11) is 0. The summed E-state index contributed by atoms with van der Waals surface area (Å²) in [6.07, 6.45) is -0.181. The first-order valence-electron chi connectivity index (χ1n) is 5.84. The van der Waals surface area contributed by atoms with Crippen molar-refractivity contribution < 1.29 is 9.47 Å². The van der Waals surface area contributed by atoms with E-state index in [2.05, 4.69) is 9.97 Å². The van der Waals surface area contributed by atoms with Crippen molar-refractivity contribution in [2.75, 3.05) is 19.0 Å². The molecule has 1 aromatic heterocycles.